The normalized spacial score (nSPS) is 11.9. The van der Waals surface area contributed by atoms with E-state index in [0.29, 0.717) is 0 Å². The Hall–Kier alpha value is -1.91. The minimum absolute atomic E-state index is 0.109. The van der Waals surface area contributed by atoms with Crippen LogP contribution in [0.4, 0.5) is 5.69 Å². The Morgan fingerprint density at radius 2 is 2.24 bits per heavy atom. The summed E-state index contributed by atoms with van der Waals surface area (Å²) in [6.45, 7) is 3.80. The second kappa shape index (κ2) is 5.98. The van der Waals surface area contributed by atoms with Crippen molar-refractivity contribution in [2.24, 2.45) is 0 Å². The fraction of sp³-hybridized carbons (Fsp3) is 0.417. The molecule has 17 heavy (non-hydrogen) atoms. The van der Waals surface area contributed by atoms with Gasteiger partial charge in [-0.05, 0) is 19.4 Å². The van der Waals surface area contributed by atoms with Crippen LogP contribution < -0.4 is 0 Å². The Bertz CT molecular complexity index is 417. The number of carbonyl (C=O) groups is 1. The molecule has 5 nitrogen and oxygen atoms in total. The quantitative estimate of drug-likeness (QED) is 0.448. The van der Waals surface area contributed by atoms with E-state index in [1.807, 2.05) is 6.92 Å². The van der Waals surface area contributed by atoms with Gasteiger partial charge in [-0.25, -0.2) is 4.79 Å². The third-order valence-electron chi connectivity index (χ3n) is 2.30. The number of esters is 1. The summed E-state index contributed by atoms with van der Waals surface area (Å²) in [6.07, 6.45) is 1.52. The van der Waals surface area contributed by atoms with Crippen LogP contribution in [0.15, 0.2) is 24.3 Å². The van der Waals surface area contributed by atoms with Gasteiger partial charge in [0.2, 0.25) is 0 Å². The molecule has 0 unspecified atom stereocenters. The first-order chi connectivity index (χ1) is 8.04. The smallest absolute Gasteiger partial charge is 0.338 e. The molecule has 5 heteroatoms. The number of benzene rings is 1. The molecule has 0 radical (unpaired) electrons. The van der Waals surface area contributed by atoms with Crippen molar-refractivity contribution in [2.45, 2.75) is 32.8 Å². The van der Waals surface area contributed by atoms with E-state index >= 15 is 0 Å². The van der Waals surface area contributed by atoms with Crippen molar-refractivity contribution < 1.29 is 14.5 Å². The molecule has 0 aliphatic heterocycles. The minimum Gasteiger partial charge on any atom is -0.459 e. The molecular formula is C12H15NO4. The van der Waals surface area contributed by atoms with Crippen LogP contribution >= 0.6 is 0 Å². The number of hydrogen-bond acceptors (Lipinski definition) is 4. The number of ether oxygens (including phenoxy) is 1. The van der Waals surface area contributed by atoms with Gasteiger partial charge >= 0.3 is 5.97 Å². The summed E-state index contributed by atoms with van der Waals surface area (Å²) < 4.78 is 5.15. The van der Waals surface area contributed by atoms with E-state index in [2.05, 4.69) is 0 Å². The first-order valence-corrected chi connectivity index (χ1v) is 5.50. The van der Waals surface area contributed by atoms with Crippen molar-refractivity contribution >= 4 is 11.7 Å². The van der Waals surface area contributed by atoms with E-state index in [1.165, 1.54) is 24.3 Å². The van der Waals surface area contributed by atoms with Gasteiger partial charge in [0.15, 0.2) is 0 Å². The zero-order chi connectivity index (χ0) is 12.8. The Morgan fingerprint density at radius 1 is 1.53 bits per heavy atom. The van der Waals surface area contributed by atoms with Gasteiger partial charge in [-0.1, -0.05) is 19.4 Å². The van der Waals surface area contributed by atoms with Crippen LogP contribution in [-0.4, -0.2) is 17.0 Å². The highest BCUT2D eigenvalue weighted by molar-refractivity contribution is 5.90. The molecule has 0 aromatic heterocycles. The second-order valence-corrected chi connectivity index (χ2v) is 3.81. The van der Waals surface area contributed by atoms with E-state index in [4.69, 9.17) is 4.74 Å². The average molecular weight is 237 g/mol. The highest BCUT2D eigenvalue weighted by atomic mass is 16.6. The maximum absolute atomic E-state index is 11.7. The molecule has 0 saturated carbocycles. The van der Waals surface area contributed by atoms with Crippen LogP contribution in [0.25, 0.3) is 0 Å². The summed E-state index contributed by atoms with van der Waals surface area (Å²) in [7, 11) is 0. The van der Waals surface area contributed by atoms with E-state index in [0.717, 1.165) is 12.8 Å². The van der Waals surface area contributed by atoms with Crippen molar-refractivity contribution in [3.05, 3.63) is 39.9 Å². The number of carbonyl (C=O) groups excluding carboxylic acids is 1. The van der Waals surface area contributed by atoms with Crippen LogP contribution in [0, 0.1) is 10.1 Å². The first-order valence-electron chi connectivity index (χ1n) is 5.50. The standard InChI is InChI=1S/C12H15NO4/c1-3-5-9(2)17-12(14)10-6-4-7-11(8-10)13(15)16/h4,6-9H,3,5H2,1-2H3/t9-/m0/s1. The number of nitro benzene ring substituents is 1. The summed E-state index contributed by atoms with van der Waals surface area (Å²) in [4.78, 5) is 21.7. The molecule has 0 saturated heterocycles. The zero-order valence-corrected chi connectivity index (χ0v) is 9.88. The van der Waals surface area contributed by atoms with Crippen LogP contribution in [0.2, 0.25) is 0 Å². The van der Waals surface area contributed by atoms with Crippen molar-refractivity contribution in [2.75, 3.05) is 0 Å². The molecule has 0 spiro atoms. The topological polar surface area (TPSA) is 69.4 Å². The molecule has 0 aliphatic carbocycles. The van der Waals surface area contributed by atoms with Crippen LogP contribution in [0.1, 0.15) is 37.0 Å². The highest BCUT2D eigenvalue weighted by Gasteiger charge is 2.14. The van der Waals surface area contributed by atoms with Crippen molar-refractivity contribution in [3.63, 3.8) is 0 Å². The Morgan fingerprint density at radius 3 is 2.82 bits per heavy atom. The molecule has 0 aliphatic rings. The molecule has 0 fully saturated rings. The van der Waals surface area contributed by atoms with E-state index in [1.54, 1.807) is 6.92 Å². The highest BCUT2D eigenvalue weighted by Crippen LogP contribution is 2.15. The number of rotatable bonds is 5. The van der Waals surface area contributed by atoms with Gasteiger partial charge in [0.05, 0.1) is 16.6 Å². The molecule has 92 valence electrons. The van der Waals surface area contributed by atoms with Crippen molar-refractivity contribution in [3.8, 4) is 0 Å². The Balaban J connectivity index is 2.75. The molecule has 1 aromatic rings. The molecule has 0 heterocycles. The Labute approximate surface area is 99.5 Å². The number of nitrogens with zero attached hydrogens (tertiary/aromatic N) is 1. The maximum atomic E-state index is 11.7. The van der Waals surface area contributed by atoms with Crippen molar-refractivity contribution in [1.82, 2.24) is 0 Å². The summed E-state index contributed by atoms with van der Waals surface area (Å²) in [5.41, 5.74) is 0.102. The fourth-order valence-electron chi connectivity index (χ4n) is 1.46. The van der Waals surface area contributed by atoms with Gasteiger partial charge in [0.25, 0.3) is 5.69 Å². The lowest BCUT2D eigenvalue weighted by molar-refractivity contribution is -0.384. The summed E-state index contributed by atoms with van der Waals surface area (Å²) in [6, 6.07) is 5.54. The van der Waals surface area contributed by atoms with Crippen molar-refractivity contribution in [1.29, 1.82) is 0 Å². The SMILES string of the molecule is CCC[C@H](C)OC(=O)c1cccc([N+](=O)[O-])c1. The molecule has 0 N–H and O–H groups in total. The van der Waals surface area contributed by atoms with E-state index in [9.17, 15) is 14.9 Å². The van der Waals surface area contributed by atoms with E-state index < -0.39 is 10.9 Å². The predicted octanol–water partition coefficient (Wildman–Crippen LogP) is 2.94. The number of nitro groups is 1. The Kier molecular flexibility index (Phi) is 4.63. The van der Waals surface area contributed by atoms with Gasteiger partial charge in [0, 0.05) is 12.1 Å². The summed E-state index contributed by atoms with van der Waals surface area (Å²) in [5, 5.41) is 10.6. The first kappa shape index (κ1) is 13.2. The second-order valence-electron chi connectivity index (χ2n) is 3.81. The number of hydrogen-bond donors (Lipinski definition) is 0. The molecule has 0 bridgehead atoms. The average Bonchev–Trinajstić information content (AvgIpc) is 2.29. The molecule has 1 rings (SSSR count). The molecular weight excluding hydrogens is 222 g/mol. The third kappa shape index (κ3) is 3.86. The number of non-ortho nitro benzene ring substituents is 1. The summed E-state index contributed by atoms with van der Waals surface area (Å²) >= 11 is 0. The van der Waals surface area contributed by atoms with Crippen LogP contribution in [0.3, 0.4) is 0 Å². The predicted molar refractivity (Wildman–Crippen MR) is 62.9 cm³/mol. The maximum Gasteiger partial charge on any atom is 0.338 e. The monoisotopic (exact) mass is 237 g/mol. The fourth-order valence-corrected chi connectivity index (χ4v) is 1.46. The van der Waals surface area contributed by atoms with Gasteiger partial charge in [-0.3, -0.25) is 10.1 Å². The lowest BCUT2D eigenvalue weighted by atomic mass is 10.2. The van der Waals surface area contributed by atoms with Gasteiger partial charge in [0.1, 0.15) is 0 Å². The third-order valence-corrected chi connectivity index (χ3v) is 2.30. The molecule has 1 atom stereocenters. The van der Waals surface area contributed by atoms with Gasteiger partial charge < -0.3 is 4.74 Å². The van der Waals surface area contributed by atoms with Gasteiger partial charge in [-0.2, -0.15) is 0 Å². The lowest BCUT2D eigenvalue weighted by Crippen LogP contribution is -2.14. The van der Waals surface area contributed by atoms with Crippen LogP contribution in [-0.2, 0) is 4.74 Å². The minimum atomic E-state index is -0.535. The largest absolute Gasteiger partial charge is 0.459 e. The molecule has 1 aromatic carbocycles. The van der Waals surface area contributed by atoms with Gasteiger partial charge in [-0.15, -0.1) is 0 Å². The zero-order valence-electron chi connectivity index (χ0n) is 9.88. The molecule has 0 amide bonds. The summed E-state index contributed by atoms with van der Waals surface area (Å²) in [5.74, 6) is -0.519. The lowest BCUT2D eigenvalue weighted by Gasteiger charge is -2.11. The van der Waals surface area contributed by atoms with E-state index in [-0.39, 0.29) is 17.4 Å². The van der Waals surface area contributed by atoms with Crippen LogP contribution in [0.5, 0.6) is 0 Å².